The summed E-state index contributed by atoms with van der Waals surface area (Å²) in [6.07, 6.45) is 5.26. The van der Waals surface area contributed by atoms with E-state index in [2.05, 4.69) is 31.2 Å². The highest BCUT2D eigenvalue weighted by atomic mass is 16.5. The molecule has 0 saturated heterocycles. The van der Waals surface area contributed by atoms with E-state index in [0.717, 1.165) is 19.8 Å². The molecule has 1 aliphatic carbocycles. The normalized spacial score (nSPS) is 24.1. The van der Waals surface area contributed by atoms with Crippen molar-refractivity contribution in [3.8, 4) is 0 Å². The van der Waals surface area contributed by atoms with Gasteiger partial charge < -0.3 is 10.5 Å². The van der Waals surface area contributed by atoms with E-state index in [1.807, 2.05) is 0 Å². The van der Waals surface area contributed by atoms with Gasteiger partial charge >= 0.3 is 0 Å². The molecule has 1 aromatic rings. The molecule has 0 heterocycles. The quantitative estimate of drug-likeness (QED) is 0.866. The largest absolute Gasteiger partial charge is 0.376 e. The average molecular weight is 247 g/mol. The van der Waals surface area contributed by atoms with Gasteiger partial charge in [-0.15, -0.1) is 0 Å². The van der Waals surface area contributed by atoms with Crippen LogP contribution in [-0.4, -0.2) is 13.2 Å². The predicted molar refractivity (Wildman–Crippen MR) is 75.3 cm³/mol. The van der Waals surface area contributed by atoms with Crippen molar-refractivity contribution in [1.82, 2.24) is 0 Å². The summed E-state index contributed by atoms with van der Waals surface area (Å²) in [6, 6.07) is 8.44. The van der Waals surface area contributed by atoms with Crippen molar-refractivity contribution in [2.75, 3.05) is 13.2 Å². The maximum absolute atomic E-state index is 5.92. The van der Waals surface area contributed by atoms with Gasteiger partial charge in [-0.2, -0.15) is 0 Å². The van der Waals surface area contributed by atoms with Crippen LogP contribution in [0.1, 0.15) is 36.8 Å². The lowest BCUT2D eigenvalue weighted by Gasteiger charge is -2.30. The molecular formula is C16H25NO. The SMILES string of the molecule is Cc1ccccc1COCC1CCCCC1CN. The van der Waals surface area contributed by atoms with Crippen LogP contribution in [0.5, 0.6) is 0 Å². The molecule has 1 saturated carbocycles. The standard InChI is InChI=1S/C16H25NO/c1-13-6-2-3-8-15(13)11-18-12-16-9-5-4-7-14(16)10-17/h2-3,6,8,14,16H,4-5,7,9-12,17H2,1H3. The Morgan fingerprint density at radius 1 is 1.17 bits per heavy atom. The molecular weight excluding hydrogens is 222 g/mol. The molecule has 2 nitrogen and oxygen atoms in total. The van der Waals surface area contributed by atoms with Crippen LogP contribution in [-0.2, 0) is 11.3 Å². The summed E-state index contributed by atoms with van der Waals surface area (Å²) in [5, 5.41) is 0. The molecule has 0 bridgehead atoms. The van der Waals surface area contributed by atoms with Crippen molar-refractivity contribution in [2.24, 2.45) is 17.6 Å². The molecule has 2 unspecified atom stereocenters. The second-order valence-electron chi connectivity index (χ2n) is 5.48. The predicted octanol–water partition coefficient (Wildman–Crippen LogP) is 3.28. The lowest BCUT2D eigenvalue weighted by Crippen LogP contribution is -2.29. The van der Waals surface area contributed by atoms with Gasteiger partial charge in [0.1, 0.15) is 0 Å². The first-order chi connectivity index (χ1) is 8.81. The second kappa shape index (κ2) is 6.91. The smallest absolute Gasteiger partial charge is 0.0719 e. The molecule has 2 rings (SSSR count). The lowest BCUT2D eigenvalue weighted by molar-refractivity contribution is 0.0510. The molecule has 0 spiro atoms. The number of ether oxygens (including phenoxy) is 1. The third-order valence-corrected chi connectivity index (χ3v) is 4.22. The molecule has 1 fully saturated rings. The molecule has 0 radical (unpaired) electrons. The van der Waals surface area contributed by atoms with Gasteiger partial charge in [0, 0.05) is 0 Å². The van der Waals surface area contributed by atoms with Crippen LogP contribution in [0.4, 0.5) is 0 Å². The third-order valence-electron chi connectivity index (χ3n) is 4.22. The van der Waals surface area contributed by atoms with Gasteiger partial charge in [0.05, 0.1) is 13.2 Å². The van der Waals surface area contributed by atoms with E-state index in [0.29, 0.717) is 11.8 Å². The fraction of sp³-hybridized carbons (Fsp3) is 0.625. The number of hydrogen-bond donors (Lipinski definition) is 1. The molecule has 0 aromatic heterocycles. The van der Waals surface area contributed by atoms with Crippen molar-refractivity contribution in [2.45, 2.75) is 39.2 Å². The fourth-order valence-corrected chi connectivity index (χ4v) is 2.91. The average Bonchev–Trinajstić information content (AvgIpc) is 2.41. The summed E-state index contributed by atoms with van der Waals surface area (Å²) in [5.74, 6) is 1.35. The van der Waals surface area contributed by atoms with Crippen molar-refractivity contribution in [3.05, 3.63) is 35.4 Å². The Morgan fingerprint density at radius 2 is 1.89 bits per heavy atom. The van der Waals surface area contributed by atoms with Crippen molar-refractivity contribution < 1.29 is 4.74 Å². The van der Waals surface area contributed by atoms with Crippen molar-refractivity contribution in [3.63, 3.8) is 0 Å². The van der Waals surface area contributed by atoms with Gasteiger partial charge in [0.2, 0.25) is 0 Å². The number of benzene rings is 1. The zero-order valence-electron chi connectivity index (χ0n) is 11.4. The first kappa shape index (κ1) is 13.6. The molecule has 2 atom stereocenters. The van der Waals surface area contributed by atoms with E-state index in [1.54, 1.807) is 0 Å². The van der Waals surface area contributed by atoms with E-state index in [1.165, 1.54) is 36.8 Å². The van der Waals surface area contributed by atoms with Crippen LogP contribution in [0.15, 0.2) is 24.3 Å². The van der Waals surface area contributed by atoms with Gasteiger partial charge in [-0.1, -0.05) is 37.1 Å². The summed E-state index contributed by atoms with van der Waals surface area (Å²) < 4.78 is 5.92. The molecule has 1 aromatic carbocycles. The van der Waals surface area contributed by atoms with Crippen LogP contribution >= 0.6 is 0 Å². The van der Waals surface area contributed by atoms with Crippen LogP contribution in [0.3, 0.4) is 0 Å². The van der Waals surface area contributed by atoms with Crippen molar-refractivity contribution >= 4 is 0 Å². The van der Waals surface area contributed by atoms with E-state index in [-0.39, 0.29) is 0 Å². The van der Waals surface area contributed by atoms with Gasteiger partial charge in [-0.3, -0.25) is 0 Å². The highest BCUT2D eigenvalue weighted by Gasteiger charge is 2.23. The van der Waals surface area contributed by atoms with Gasteiger partial charge in [0.25, 0.3) is 0 Å². The minimum absolute atomic E-state index is 0.674. The lowest BCUT2D eigenvalue weighted by atomic mass is 9.80. The Morgan fingerprint density at radius 3 is 2.61 bits per heavy atom. The Hall–Kier alpha value is -0.860. The molecule has 18 heavy (non-hydrogen) atoms. The minimum Gasteiger partial charge on any atom is -0.376 e. The van der Waals surface area contributed by atoms with E-state index < -0.39 is 0 Å². The first-order valence-corrected chi connectivity index (χ1v) is 7.13. The highest BCUT2D eigenvalue weighted by molar-refractivity contribution is 5.24. The van der Waals surface area contributed by atoms with Crippen LogP contribution in [0.25, 0.3) is 0 Å². The number of nitrogens with two attached hydrogens (primary N) is 1. The summed E-state index contributed by atoms with van der Waals surface area (Å²) in [7, 11) is 0. The maximum atomic E-state index is 5.92. The number of hydrogen-bond acceptors (Lipinski definition) is 2. The summed E-state index contributed by atoms with van der Waals surface area (Å²) in [5.41, 5.74) is 8.46. The fourth-order valence-electron chi connectivity index (χ4n) is 2.91. The Labute approximate surface area is 111 Å². The number of aryl methyl sites for hydroxylation is 1. The summed E-state index contributed by atoms with van der Waals surface area (Å²) in [6.45, 7) is 4.57. The summed E-state index contributed by atoms with van der Waals surface area (Å²) >= 11 is 0. The van der Waals surface area contributed by atoms with Crippen LogP contribution in [0, 0.1) is 18.8 Å². The third kappa shape index (κ3) is 3.56. The zero-order valence-corrected chi connectivity index (χ0v) is 11.4. The van der Waals surface area contributed by atoms with Crippen LogP contribution < -0.4 is 5.73 Å². The van der Waals surface area contributed by atoms with Crippen molar-refractivity contribution in [1.29, 1.82) is 0 Å². The molecule has 2 heteroatoms. The second-order valence-corrected chi connectivity index (χ2v) is 5.48. The zero-order chi connectivity index (χ0) is 12.8. The van der Waals surface area contributed by atoms with E-state index in [4.69, 9.17) is 10.5 Å². The van der Waals surface area contributed by atoms with Gasteiger partial charge in [-0.05, 0) is 49.3 Å². The van der Waals surface area contributed by atoms with E-state index in [9.17, 15) is 0 Å². The Kier molecular flexibility index (Phi) is 5.21. The highest BCUT2D eigenvalue weighted by Crippen LogP contribution is 2.29. The maximum Gasteiger partial charge on any atom is 0.0719 e. The van der Waals surface area contributed by atoms with Gasteiger partial charge in [0.15, 0.2) is 0 Å². The monoisotopic (exact) mass is 247 g/mol. The van der Waals surface area contributed by atoms with E-state index >= 15 is 0 Å². The Balaban J connectivity index is 1.79. The van der Waals surface area contributed by atoms with Gasteiger partial charge in [-0.25, -0.2) is 0 Å². The molecule has 100 valence electrons. The molecule has 1 aliphatic rings. The first-order valence-electron chi connectivity index (χ1n) is 7.13. The molecule has 2 N–H and O–H groups in total. The minimum atomic E-state index is 0.674. The molecule has 0 amide bonds. The number of rotatable bonds is 5. The summed E-state index contributed by atoms with van der Waals surface area (Å²) in [4.78, 5) is 0. The topological polar surface area (TPSA) is 35.2 Å². The van der Waals surface area contributed by atoms with Crippen LogP contribution in [0.2, 0.25) is 0 Å². The molecule has 0 aliphatic heterocycles. The Bertz CT molecular complexity index is 364.